The Kier molecular flexibility index (Phi) is 4.56. The molecule has 3 heterocycles. The molecule has 1 aliphatic heterocycles. The van der Waals surface area contributed by atoms with Crippen LogP contribution in [-0.2, 0) is 0 Å². The molecular formula is C18H12F4N4O4. The van der Waals surface area contributed by atoms with Crippen LogP contribution in [0.4, 0.5) is 23.4 Å². The van der Waals surface area contributed by atoms with E-state index in [9.17, 15) is 22.4 Å². The highest BCUT2D eigenvalue weighted by molar-refractivity contribution is 6.05. The molecule has 0 spiro atoms. The monoisotopic (exact) mass is 424 g/mol. The number of aryl methyl sites for hydroxylation is 2. The van der Waals surface area contributed by atoms with Crippen LogP contribution in [0, 0.1) is 13.8 Å². The first-order chi connectivity index (χ1) is 14.1. The molecule has 12 heteroatoms. The molecule has 0 radical (unpaired) electrons. The Bertz CT molecular complexity index is 1130. The fourth-order valence-corrected chi connectivity index (χ4v) is 2.90. The van der Waals surface area contributed by atoms with Crippen molar-refractivity contribution in [1.82, 2.24) is 15.1 Å². The van der Waals surface area contributed by atoms with Crippen LogP contribution in [-0.4, -0.2) is 27.3 Å². The number of halogens is 4. The van der Waals surface area contributed by atoms with Gasteiger partial charge in [0.25, 0.3) is 12.3 Å². The molecule has 0 saturated carbocycles. The minimum atomic E-state index is -3.75. The third-order valence-electron chi connectivity index (χ3n) is 4.23. The summed E-state index contributed by atoms with van der Waals surface area (Å²) in [5, 5.41) is 5.71. The van der Waals surface area contributed by atoms with Gasteiger partial charge in [-0.2, -0.15) is 0 Å². The number of carbonyl (C=O) groups excluding carboxylic acids is 1. The van der Waals surface area contributed by atoms with Gasteiger partial charge in [0.1, 0.15) is 5.56 Å². The zero-order valence-corrected chi connectivity index (χ0v) is 15.4. The summed E-state index contributed by atoms with van der Waals surface area (Å²) in [5.74, 6) is -2.00. The van der Waals surface area contributed by atoms with Gasteiger partial charge >= 0.3 is 6.29 Å². The molecule has 0 fully saturated rings. The highest BCUT2D eigenvalue weighted by Gasteiger charge is 2.43. The van der Waals surface area contributed by atoms with Gasteiger partial charge in [-0.15, -0.1) is 8.78 Å². The molecule has 3 aromatic rings. The Morgan fingerprint density at radius 2 is 1.80 bits per heavy atom. The average molecular weight is 424 g/mol. The van der Waals surface area contributed by atoms with Crippen LogP contribution in [0.5, 0.6) is 11.5 Å². The van der Waals surface area contributed by atoms with Crippen molar-refractivity contribution in [2.24, 2.45) is 0 Å². The summed E-state index contributed by atoms with van der Waals surface area (Å²) in [6.45, 7) is 3.01. The van der Waals surface area contributed by atoms with Gasteiger partial charge in [-0.3, -0.25) is 9.78 Å². The summed E-state index contributed by atoms with van der Waals surface area (Å²) in [7, 11) is 0. The van der Waals surface area contributed by atoms with Crippen LogP contribution >= 0.6 is 0 Å². The van der Waals surface area contributed by atoms with Gasteiger partial charge in [-0.1, -0.05) is 5.16 Å². The van der Waals surface area contributed by atoms with Crippen LogP contribution in [0.15, 0.2) is 29.0 Å². The number of alkyl halides is 4. The first kappa shape index (κ1) is 19.6. The number of carbonyl (C=O) groups is 1. The van der Waals surface area contributed by atoms with Gasteiger partial charge in [0, 0.05) is 5.56 Å². The van der Waals surface area contributed by atoms with E-state index in [-0.39, 0.29) is 28.6 Å². The van der Waals surface area contributed by atoms with Crippen LogP contribution in [0.2, 0.25) is 0 Å². The lowest BCUT2D eigenvalue weighted by atomic mass is 10.1. The van der Waals surface area contributed by atoms with Crippen molar-refractivity contribution >= 4 is 11.7 Å². The van der Waals surface area contributed by atoms with Gasteiger partial charge in [0.15, 0.2) is 17.3 Å². The summed E-state index contributed by atoms with van der Waals surface area (Å²) < 4.78 is 65.7. The number of amides is 1. The lowest BCUT2D eigenvalue weighted by Gasteiger charge is -2.08. The van der Waals surface area contributed by atoms with Crippen molar-refractivity contribution in [1.29, 1.82) is 0 Å². The number of ether oxygens (including phenoxy) is 2. The van der Waals surface area contributed by atoms with Crippen molar-refractivity contribution < 1.29 is 36.4 Å². The number of nitrogens with one attached hydrogen (secondary N) is 1. The number of nitrogens with zero attached hydrogens (tertiary/aromatic N) is 3. The summed E-state index contributed by atoms with van der Waals surface area (Å²) in [4.78, 5) is 20.5. The SMILES string of the molecule is Cc1cc2c(cc1-c1cnc(NC(=O)c3c(C)noc3C(F)F)cn1)OC(F)(F)O2. The lowest BCUT2D eigenvalue weighted by Crippen LogP contribution is -2.25. The fraction of sp³-hybridized carbons (Fsp3) is 0.222. The van der Waals surface area contributed by atoms with Crippen molar-refractivity contribution in [2.45, 2.75) is 26.6 Å². The number of hydrogen-bond donors (Lipinski definition) is 1. The molecule has 1 N–H and O–H groups in total. The third kappa shape index (κ3) is 3.51. The zero-order valence-electron chi connectivity index (χ0n) is 15.4. The van der Waals surface area contributed by atoms with E-state index >= 15 is 0 Å². The van der Waals surface area contributed by atoms with E-state index < -0.39 is 24.4 Å². The second kappa shape index (κ2) is 6.97. The summed E-state index contributed by atoms with van der Waals surface area (Å²) in [6.07, 6.45) is -4.28. The molecule has 2 aromatic heterocycles. The highest BCUT2D eigenvalue weighted by Crippen LogP contribution is 2.44. The van der Waals surface area contributed by atoms with Crippen LogP contribution < -0.4 is 14.8 Å². The minimum Gasteiger partial charge on any atom is -0.395 e. The first-order valence-electron chi connectivity index (χ1n) is 8.43. The van der Waals surface area contributed by atoms with Crippen molar-refractivity contribution in [3.63, 3.8) is 0 Å². The maximum atomic E-state index is 13.2. The van der Waals surface area contributed by atoms with Crippen molar-refractivity contribution in [3.05, 3.63) is 47.1 Å². The topological polar surface area (TPSA) is 99.4 Å². The molecular weight excluding hydrogens is 412 g/mol. The van der Waals surface area contributed by atoms with E-state index in [1.165, 1.54) is 31.5 Å². The zero-order chi connectivity index (χ0) is 21.6. The second-order valence-electron chi connectivity index (χ2n) is 6.33. The van der Waals surface area contributed by atoms with E-state index in [2.05, 4.69) is 34.4 Å². The molecule has 0 saturated heterocycles. The van der Waals surface area contributed by atoms with Crippen molar-refractivity contribution in [3.8, 4) is 22.8 Å². The largest absolute Gasteiger partial charge is 0.586 e. The molecule has 4 rings (SSSR count). The molecule has 8 nitrogen and oxygen atoms in total. The molecule has 1 aromatic carbocycles. The molecule has 0 unspecified atom stereocenters. The number of rotatable bonds is 4. The van der Waals surface area contributed by atoms with Crippen LogP contribution in [0.25, 0.3) is 11.3 Å². The third-order valence-corrected chi connectivity index (χ3v) is 4.23. The van der Waals surface area contributed by atoms with E-state index in [1.807, 2.05) is 0 Å². The Morgan fingerprint density at radius 1 is 1.10 bits per heavy atom. The predicted octanol–water partition coefficient (Wildman–Crippen LogP) is 4.26. The number of aromatic nitrogens is 3. The van der Waals surface area contributed by atoms with Gasteiger partial charge in [0.05, 0.1) is 23.8 Å². The number of hydrogen-bond acceptors (Lipinski definition) is 7. The molecule has 1 amide bonds. The maximum absolute atomic E-state index is 13.2. The summed E-state index contributed by atoms with van der Waals surface area (Å²) in [5.41, 5.74) is 0.947. The fourth-order valence-electron chi connectivity index (χ4n) is 2.90. The average Bonchev–Trinajstić information content (AvgIpc) is 3.19. The number of benzene rings is 1. The Balaban J connectivity index is 1.56. The molecule has 30 heavy (non-hydrogen) atoms. The quantitative estimate of drug-likeness (QED) is 0.625. The van der Waals surface area contributed by atoms with E-state index in [1.54, 1.807) is 6.92 Å². The molecule has 156 valence electrons. The number of anilines is 1. The second-order valence-corrected chi connectivity index (χ2v) is 6.33. The Labute approximate surface area is 165 Å². The minimum absolute atomic E-state index is 0.000153. The first-order valence-corrected chi connectivity index (χ1v) is 8.43. The number of fused-ring (bicyclic) bond motifs is 1. The standard InChI is InChI=1S/C18H12F4N4O4/c1-7-3-11-12(29-18(21,22)28-11)4-9(7)10-5-24-13(6-23-10)25-17(27)14-8(2)26-30-15(14)16(19)20/h3-6,16H,1-2H3,(H,24,25,27). The summed E-state index contributed by atoms with van der Waals surface area (Å²) >= 11 is 0. The van der Waals surface area contributed by atoms with Gasteiger partial charge < -0.3 is 19.3 Å². The molecule has 0 atom stereocenters. The van der Waals surface area contributed by atoms with Crippen LogP contribution in [0.3, 0.4) is 0 Å². The highest BCUT2D eigenvalue weighted by atomic mass is 19.3. The smallest absolute Gasteiger partial charge is 0.395 e. The molecule has 0 bridgehead atoms. The van der Waals surface area contributed by atoms with E-state index in [0.717, 1.165) is 0 Å². The van der Waals surface area contributed by atoms with E-state index in [4.69, 9.17) is 0 Å². The predicted molar refractivity (Wildman–Crippen MR) is 92.6 cm³/mol. The van der Waals surface area contributed by atoms with Crippen molar-refractivity contribution in [2.75, 3.05) is 5.32 Å². The maximum Gasteiger partial charge on any atom is 0.586 e. The lowest BCUT2D eigenvalue weighted by molar-refractivity contribution is -0.286. The molecule has 1 aliphatic rings. The van der Waals surface area contributed by atoms with Gasteiger partial charge in [-0.05, 0) is 31.5 Å². The van der Waals surface area contributed by atoms with Crippen LogP contribution in [0.1, 0.15) is 33.8 Å². The van der Waals surface area contributed by atoms with Gasteiger partial charge in [-0.25, -0.2) is 13.8 Å². The Morgan fingerprint density at radius 3 is 2.43 bits per heavy atom. The Hall–Kier alpha value is -3.70. The molecule has 0 aliphatic carbocycles. The van der Waals surface area contributed by atoms with E-state index in [0.29, 0.717) is 16.8 Å². The normalized spacial score (nSPS) is 14.2. The summed E-state index contributed by atoms with van der Waals surface area (Å²) in [6, 6.07) is 2.72. The van der Waals surface area contributed by atoms with Gasteiger partial charge in [0.2, 0.25) is 5.76 Å².